The minimum absolute atomic E-state index is 0.157. The van der Waals surface area contributed by atoms with Gasteiger partial charge in [0, 0.05) is 5.30 Å². The van der Waals surface area contributed by atoms with Crippen LogP contribution in [0, 0.1) is 0 Å². The number of hydrogen-bond donors (Lipinski definition) is 2. The normalized spacial score (nSPS) is 12.0. The van der Waals surface area contributed by atoms with Crippen LogP contribution < -0.4 is 20.7 Å². The van der Waals surface area contributed by atoms with Crippen LogP contribution in [0.25, 0.3) is 0 Å². The fraction of sp³-hybridized carbons (Fsp3) is 0.273. The van der Waals surface area contributed by atoms with Gasteiger partial charge in [-0.3, -0.25) is 0 Å². The SMILES string of the molecule is COc1cc(P(C)(C)=O)ccc1Nc1ncc(Cl)c(Nc2ccccc2S(=O)(=O)C(C)C)n1. The number of para-hydroxylation sites is 1. The summed E-state index contributed by atoms with van der Waals surface area (Å²) in [6.45, 7) is 6.62. The quantitative estimate of drug-likeness (QED) is 0.406. The molecule has 0 amide bonds. The predicted octanol–water partition coefficient (Wildman–Crippen LogP) is 5.06. The molecular formula is C22H26ClN4O4PS. The molecule has 0 bridgehead atoms. The van der Waals surface area contributed by atoms with E-state index in [1.807, 2.05) is 0 Å². The van der Waals surface area contributed by atoms with Crippen molar-refractivity contribution >= 4 is 57.0 Å². The number of anilines is 4. The van der Waals surface area contributed by atoms with E-state index in [1.165, 1.54) is 13.3 Å². The molecule has 0 aliphatic carbocycles. The summed E-state index contributed by atoms with van der Waals surface area (Å²) < 4.78 is 43.3. The van der Waals surface area contributed by atoms with E-state index in [9.17, 15) is 13.0 Å². The second-order valence-electron chi connectivity index (χ2n) is 7.97. The van der Waals surface area contributed by atoms with Crippen LogP contribution >= 0.6 is 18.7 Å². The smallest absolute Gasteiger partial charge is 0.229 e. The molecule has 2 aromatic carbocycles. The highest BCUT2D eigenvalue weighted by molar-refractivity contribution is 7.92. The van der Waals surface area contributed by atoms with Gasteiger partial charge in [0.1, 0.15) is 17.9 Å². The molecule has 3 aromatic rings. The van der Waals surface area contributed by atoms with E-state index in [2.05, 4.69) is 20.6 Å². The molecule has 1 aromatic heterocycles. The van der Waals surface area contributed by atoms with Crippen LogP contribution in [0.4, 0.5) is 23.1 Å². The van der Waals surface area contributed by atoms with Crippen molar-refractivity contribution in [1.82, 2.24) is 9.97 Å². The van der Waals surface area contributed by atoms with E-state index in [-0.39, 0.29) is 21.7 Å². The van der Waals surface area contributed by atoms with Crippen LogP contribution in [-0.2, 0) is 14.4 Å². The van der Waals surface area contributed by atoms with Gasteiger partial charge in [-0.25, -0.2) is 13.4 Å². The Kier molecular flexibility index (Phi) is 7.36. The van der Waals surface area contributed by atoms with E-state index >= 15 is 0 Å². The summed E-state index contributed by atoms with van der Waals surface area (Å²) in [7, 11) is -4.47. The van der Waals surface area contributed by atoms with E-state index in [0.29, 0.717) is 22.4 Å². The van der Waals surface area contributed by atoms with Gasteiger partial charge in [0.05, 0.1) is 34.8 Å². The molecule has 0 aliphatic heterocycles. The summed E-state index contributed by atoms with van der Waals surface area (Å²) in [5.41, 5.74) is 0.937. The van der Waals surface area contributed by atoms with Crippen LogP contribution in [0.5, 0.6) is 5.75 Å². The van der Waals surface area contributed by atoms with Gasteiger partial charge in [-0.15, -0.1) is 0 Å². The summed E-state index contributed by atoms with van der Waals surface area (Å²) in [6, 6.07) is 11.8. The fourth-order valence-electron chi connectivity index (χ4n) is 2.95. The zero-order chi connectivity index (χ0) is 24.4. The number of halogens is 1. The molecule has 0 aliphatic rings. The first-order chi connectivity index (χ1) is 15.4. The van der Waals surface area contributed by atoms with Crippen molar-refractivity contribution in [3.63, 3.8) is 0 Å². The molecule has 0 spiro atoms. The highest BCUT2D eigenvalue weighted by Crippen LogP contribution is 2.38. The summed E-state index contributed by atoms with van der Waals surface area (Å²) in [4.78, 5) is 8.76. The van der Waals surface area contributed by atoms with Crippen LogP contribution in [0.3, 0.4) is 0 Å². The van der Waals surface area contributed by atoms with E-state index in [1.54, 1.807) is 69.6 Å². The van der Waals surface area contributed by atoms with Gasteiger partial charge in [0.15, 0.2) is 15.7 Å². The third kappa shape index (κ3) is 5.66. The van der Waals surface area contributed by atoms with Crippen molar-refractivity contribution in [2.75, 3.05) is 31.1 Å². The van der Waals surface area contributed by atoms with Crippen LogP contribution in [0.1, 0.15) is 13.8 Å². The molecule has 2 N–H and O–H groups in total. The zero-order valence-electron chi connectivity index (χ0n) is 19.0. The number of methoxy groups -OCH3 is 1. The first kappa shape index (κ1) is 25.0. The molecule has 0 fully saturated rings. The van der Waals surface area contributed by atoms with Gasteiger partial charge >= 0.3 is 0 Å². The second-order valence-corrected chi connectivity index (χ2v) is 14.1. The number of benzene rings is 2. The topological polar surface area (TPSA) is 110 Å². The highest BCUT2D eigenvalue weighted by Gasteiger charge is 2.23. The van der Waals surface area contributed by atoms with Crippen molar-refractivity contribution < 1.29 is 17.7 Å². The number of nitrogens with one attached hydrogen (secondary N) is 2. The van der Waals surface area contributed by atoms with Crippen LogP contribution in [0.15, 0.2) is 53.6 Å². The average molecular weight is 509 g/mol. The van der Waals surface area contributed by atoms with Crippen molar-refractivity contribution in [3.8, 4) is 5.75 Å². The van der Waals surface area contributed by atoms with Crippen molar-refractivity contribution in [2.24, 2.45) is 0 Å². The number of hydrogen-bond acceptors (Lipinski definition) is 8. The van der Waals surface area contributed by atoms with E-state index < -0.39 is 22.2 Å². The largest absolute Gasteiger partial charge is 0.495 e. The lowest BCUT2D eigenvalue weighted by atomic mass is 10.3. The average Bonchev–Trinajstić information content (AvgIpc) is 2.75. The predicted molar refractivity (Wildman–Crippen MR) is 134 cm³/mol. The Hall–Kier alpha value is -2.61. The summed E-state index contributed by atoms with van der Waals surface area (Å²) in [6.07, 6.45) is 1.41. The lowest BCUT2D eigenvalue weighted by molar-refractivity contribution is 0.417. The molecule has 176 valence electrons. The molecular weight excluding hydrogens is 483 g/mol. The molecule has 3 rings (SSSR count). The van der Waals surface area contributed by atoms with Gasteiger partial charge in [0.2, 0.25) is 5.95 Å². The van der Waals surface area contributed by atoms with Crippen LogP contribution in [0.2, 0.25) is 5.02 Å². The Labute approximate surface area is 199 Å². The first-order valence-electron chi connectivity index (χ1n) is 10.1. The molecule has 0 radical (unpaired) electrons. The Morgan fingerprint density at radius 2 is 1.76 bits per heavy atom. The Balaban J connectivity index is 1.95. The Morgan fingerprint density at radius 3 is 2.39 bits per heavy atom. The number of nitrogens with zero attached hydrogens (tertiary/aromatic N) is 2. The second kappa shape index (κ2) is 9.71. The molecule has 8 nitrogen and oxygen atoms in total. The van der Waals surface area contributed by atoms with E-state index in [0.717, 1.165) is 0 Å². The number of rotatable bonds is 8. The lowest BCUT2D eigenvalue weighted by Crippen LogP contribution is -2.15. The molecule has 11 heteroatoms. The third-order valence-corrected chi connectivity index (χ3v) is 8.87. The Bertz CT molecular complexity index is 1330. The maximum Gasteiger partial charge on any atom is 0.229 e. The molecule has 0 saturated carbocycles. The van der Waals surface area contributed by atoms with Gasteiger partial charge in [-0.05, 0) is 57.5 Å². The van der Waals surface area contributed by atoms with Gasteiger partial charge in [-0.2, -0.15) is 4.98 Å². The summed E-state index contributed by atoms with van der Waals surface area (Å²) in [5.74, 6) is 0.939. The standard InChI is InChI=1S/C22H26ClN4O4PS/c1-14(2)33(29,30)20-9-7-6-8-18(20)25-21-16(23)13-24-22(27-21)26-17-11-10-15(32(4,5)28)12-19(17)31-3/h6-14H,1-5H3,(H2,24,25,26,27). The van der Waals surface area contributed by atoms with Crippen molar-refractivity contribution in [1.29, 1.82) is 0 Å². The molecule has 0 atom stereocenters. The molecule has 0 saturated heterocycles. The van der Waals surface area contributed by atoms with E-state index in [4.69, 9.17) is 16.3 Å². The molecule has 1 heterocycles. The summed E-state index contributed by atoms with van der Waals surface area (Å²) in [5, 5.41) is 6.40. The minimum Gasteiger partial charge on any atom is -0.495 e. The fourth-order valence-corrected chi connectivity index (χ4v) is 5.15. The highest BCUT2D eigenvalue weighted by atomic mass is 35.5. The first-order valence-corrected chi connectivity index (χ1v) is 14.6. The molecule has 0 unspecified atom stereocenters. The lowest BCUT2D eigenvalue weighted by Gasteiger charge is -2.16. The van der Waals surface area contributed by atoms with Gasteiger partial charge in [0.25, 0.3) is 0 Å². The summed E-state index contributed by atoms with van der Waals surface area (Å²) >= 11 is 6.29. The van der Waals surface area contributed by atoms with Gasteiger partial charge < -0.3 is 19.9 Å². The number of ether oxygens (including phenoxy) is 1. The monoisotopic (exact) mass is 508 g/mol. The van der Waals surface area contributed by atoms with Crippen LogP contribution in [-0.4, -0.2) is 44.1 Å². The Morgan fingerprint density at radius 1 is 1.06 bits per heavy atom. The molecule has 33 heavy (non-hydrogen) atoms. The maximum absolute atomic E-state index is 12.8. The zero-order valence-corrected chi connectivity index (χ0v) is 21.4. The maximum atomic E-state index is 12.8. The van der Waals surface area contributed by atoms with Gasteiger partial charge in [-0.1, -0.05) is 23.7 Å². The minimum atomic E-state index is -3.53. The number of sulfone groups is 1. The van der Waals surface area contributed by atoms with Crippen molar-refractivity contribution in [3.05, 3.63) is 53.7 Å². The third-order valence-electron chi connectivity index (χ3n) is 4.86. The van der Waals surface area contributed by atoms with Crippen molar-refractivity contribution in [2.45, 2.75) is 24.0 Å². The number of aromatic nitrogens is 2.